The Labute approximate surface area is 270 Å². The highest BCUT2D eigenvalue weighted by Gasteiger charge is 2.15. The molecule has 6 heteroatoms. The molecule has 0 heterocycles. The normalized spacial score (nSPS) is 12.5. The molecule has 0 saturated carbocycles. The summed E-state index contributed by atoms with van der Waals surface area (Å²) in [5.41, 5.74) is 11.5. The fourth-order valence-corrected chi connectivity index (χ4v) is 5.73. The van der Waals surface area contributed by atoms with Gasteiger partial charge in [0.05, 0.1) is 12.7 Å². The number of hydrogen-bond acceptors (Lipinski definition) is 6. The molecule has 0 aliphatic heterocycles. The van der Waals surface area contributed by atoms with E-state index in [2.05, 4.69) is 24.1 Å². The first-order valence-electron chi connectivity index (χ1n) is 19.3. The Balaban J connectivity index is 4.35. The minimum Gasteiger partial charge on any atom is -0.379 e. The van der Waals surface area contributed by atoms with Crippen molar-refractivity contribution in [1.29, 1.82) is 0 Å². The first kappa shape index (κ1) is 42.8. The predicted octanol–water partition coefficient (Wildman–Crippen LogP) is 8.60. The third-order valence-electron chi connectivity index (χ3n) is 8.57. The van der Waals surface area contributed by atoms with E-state index in [1.165, 1.54) is 141 Å². The summed E-state index contributed by atoms with van der Waals surface area (Å²) in [4.78, 5) is 2.57. The van der Waals surface area contributed by atoms with Gasteiger partial charge in [-0.05, 0) is 77.8 Å². The first-order valence-corrected chi connectivity index (χ1v) is 19.3. The van der Waals surface area contributed by atoms with E-state index in [0.29, 0.717) is 0 Å². The highest BCUT2D eigenvalue weighted by atomic mass is 16.5. The summed E-state index contributed by atoms with van der Waals surface area (Å²) in [5.74, 6) is 0. The Morgan fingerprint density at radius 3 is 1.51 bits per heavy atom. The molecule has 0 fully saturated rings. The van der Waals surface area contributed by atoms with Crippen molar-refractivity contribution in [2.75, 3.05) is 65.6 Å². The molecule has 260 valence electrons. The molecule has 6 nitrogen and oxygen atoms in total. The highest BCUT2D eigenvalue weighted by Crippen LogP contribution is 2.13. The maximum Gasteiger partial charge on any atom is 0.0934 e. The average Bonchev–Trinajstić information content (AvgIpc) is 3.02. The van der Waals surface area contributed by atoms with E-state index in [9.17, 15) is 0 Å². The summed E-state index contributed by atoms with van der Waals surface area (Å²) in [5, 5.41) is 3.51. The molecule has 43 heavy (non-hydrogen) atoms. The van der Waals surface area contributed by atoms with Crippen LogP contribution in [0.15, 0.2) is 0 Å². The van der Waals surface area contributed by atoms with Crippen molar-refractivity contribution in [2.45, 2.75) is 174 Å². The van der Waals surface area contributed by atoms with Gasteiger partial charge in [0.1, 0.15) is 0 Å². The Morgan fingerprint density at radius 1 is 0.512 bits per heavy atom. The Kier molecular flexibility index (Phi) is 37.7. The number of unbranched alkanes of at least 4 members (excludes halogenated alkanes) is 19. The Hall–Kier alpha value is -0.240. The molecular weight excluding hydrogens is 532 g/mol. The minimum absolute atomic E-state index is 0.155. The molecule has 0 radical (unpaired) electrons. The smallest absolute Gasteiger partial charge is 0.0934 e. The molecule has 0 rings (SSSR count). The summed E-state index contributed by atoms with van der Waals surface area (Å²) in [6.45, 7) is 13.8. The Bertz CT molecular complexity index is 497. The lowest BCUT2D eigenvalue weighted by atomic mass is 10.1. The van der Waals surface area contributed by atoms with Crippen molar-refractivity contribution in [3.8, 4) is 0 Å². The van der Waals surface area contributed by atoms with Crippen LogP contribution in [0.25, 0.3) is 0 Å². The van der Waals surface area contributed by atoms with Crippen LogP contribution in [-0.2, 0) is 9.47 Å². The van der Waals surface area contributed by atoms with Gasteiger partial charge < -0.3 is 31.2 Å². The fraction of sp³-hybridized carbons (Fsp3) is 1.00. The van der Waals surface area contributed by atoms with Gasteiger partial charge in [0, 0.05) is 19.8 Å². The second-order valence-corrected chi connectivity index (χ2v) is 13.0. The molecule has 5 N–H and O–H groups in total. The van der Waals surface area contributed by atoms with Crippen LogP contribution in [0.2, 0.25) is 0 Å². The molecule has 0 aliphatic rings. The van der Waals surface area contributed by atoms with Gasteiger partial charge in [-0.25, -0.2) is 0 Å². The van der Waals surface area contributed by atoms with Gasteiger partial charge in [0.25, 0.3) is 0 Å². The van der Waals surface area contributed by atoms with Gasteiger partial charge in [0.2, 0.25) is 0 Å². The molecule has 0 saturated heterocycles. The summed E-state index contributed by atoms with van der Waals surface area (Å²) in [6, 6.07) is 0. The van der Waals surface area contributed by atoms with E-state index in [-0.39, 0.29) is 6.10 Å². The first-order chi connectivity index (χ1) is 21.3. The van der Waals surface area contributed by atoms with Gasteiger partial charge in [-0.15, -0.1) is 0 Å². The number of nitrogens with one attached hydrogen (secondary N) is 1. The summed E-state index contributed by atoms with van der Waals surface area (Å²) < 4.78 is 12.7. The van der Waals surface area contributed by atoms with Gasteiger partial charge in [0.15, 0.2) is 0 Å². The van der Waals surface area contributed by atoms with Crippen molar-refractivity contribution in [2.24, 2.45) is 11.5 Å². The molecular formula is C37H80N4O2. The Morgan fingerprint density at radius 2 is 0.977 bits per heavy atom. The number of hydrogen-bond donors (Lipinski definition) is 3. The zero-order valence-corrected chi connectivity index (χ0v) is 29.5. The van der Waals surface area contributed by atoms with Gasteiger partial charge in [-0.3, -0.25) is 0 Å². The lowest BCUT2D eigenvalue weighted by Gasteiger charge is -2.28. The summed E-state index contributed by atoms with van der Waals surface area (Å²) >= 11 is 0. The van der Waals surface area contributed by atoms with Crippen LogP contribution in [0.4, 0.5) is 0 Å². The monoisotopic (exact) mass is 613 g/mol. The molecule has 0 aliphatic carbocycles. The van der Waals surface area contributed by atoms with Crippen molar-refractivity contribution < 1.29 is 9.47 Å². The molecule has 1 atom stereocenters. The maximum absolute atomic E-state index is 6.47. The zero-order chi connectivity index (χ0) is 31.3. The highest BCUT2D eigenvalue weighted by molar-refractivity contribution is 4.68. The number of nitrogens with two attached hydrogens (primary N) is 2. The third-order valence-corrected chi connectivity index (χ3v) is 8.57. The van der Waals surface area contributed by atoms with Gasteiger partial charge in [-0.1, -0.05) is 129 Å². The molecule has 0 aromatic rings. The maximum atomic E-state index is 6.47. The molecule has 0 aromatic heterocycles. The van der Waals surface area contributed by atoms with Crippen LogP contribution in [-0.4, -0.2) is 76.6 Å². The topological polar surface area (TPSA) is 85.8 Å². The fourth-order valence-electron chi connectivity index (χ4n) is 5.73. The SMILES string of the molecule is CCCCCCCCCCCCOCC(CN(CCCN)CCCCNCCCN)OCCCCCCCCCCCC. The van der Waals surface area contributed by atoms with Crippen molar-refractivity contribution >= 4 is 0 Å². The van der Waals surface area contributed by atoms with E-state index in [1.807, 2.05) is 0 Å². The lowest BCUT2D eigenvalue weighted by Crippen LogP contribution is -2.39. The van der Waals surface area contributed by atoms with E-state index in [1.54, 1.807) is 0 Å². The van der Waals surface area contributed by atoms with Gasteiger partial charge >= 0.3 is 0 Å². The van der Waals surface area contributed by atoms with Crippen LogP contribution in [0, 0.1) is 0 Å². The number of rotatable bonds is 38. The van der Waals surface area contributed by atoms with Crippen LogP contribution in [0.1, 0.15) is 168 Å². The summed E-state index contributed by atoms with van der Waals surface area (Å²) in [6.07, 6.45) is 31.8. The molecule has 0 aromatic carbocycles. The van der Waals surface area contributed by atoms with Crippen LogP contribution in [0.5, 0.6) is 0 Å². The van der Waals surface area contributed by atoms with Crippen LogP contribution >= 0.6 is 0 Å². The largest absolute Gasteiger partial charge is 0.379 e. The molecule has 0 amide bonds. The second kappa shape index (κ2) is 37.9. The number of nitrogens with zero attached hydrogens (tertiary/aromatic N) is 1. The van der Waals surface area contributed by atoms with Gasteiger partial charge in [-0.2, -0.15) is 0 Å². The minimum atomic E-state index is 0.155. The van der Waals surface area contributed by atoms with E-state index >= 15 is 0 Å². The van der Waals surface area contributed by atoms with E-state index in [4.69, 9.17) is 20.9 Å². The molecule has 1 unspecified atom stereocenters. The predicted molar refractivity (Wildman–Crippen MR) is 190 cm³/mol. The average molecular weight is 613 g/mol. The van der Waals surface area contributed by atoms with Crippen molar-refractivity contribution in [3.05, 3.63) is 0 Å². The zero-order valence-electron chi connectivity index (χ0n) is 29.5. The third kappa shape index (κ3) is 34.5. The lowest BCUT2D eigenvalue weighted by molar-refractivity contribution is -0.0345. The van der Waals surface area contributed by atoms with Crippen LogP contribution < -0.4 is 16.8 Å². The van der Waals surface area contributed by atoms with E-state index < -0.39 is 0 Å². The standard InChI is InChI=1S/C37H80N4O2/c1-3-5-7-9-11-13-15-17-19-23-33-42-36-37(43-34-24-20-18-16-14-12-10-8-6-4-2)35-41(32-26-28-39)31-22-21-29-40-30-25-27-38/h37,40H,3-36,38-39H2,1-2H3. The molecule has 0 bridgehead atoms. The second-order valence-electron chi connectivity index (χ2n) is 13.0. The molecule has 0 spiro atoms. The van der Waals surface area contributed by atoms with Crippen molar-refractivity contribution in [3.63, 3.8) is 0 Å². The van der Waals surface area contributed by atoms with Crippen molar-refractivity contribution in [1.82, 2.24) is 10.2 Å². The quantitative estimate of drug-likeness (QED) is 0.0606. The summed E-state index contributed by atoms with van der Waals surface area (Å²) in [7, 11) is 0. The van der Waals surface area contributed by atoms with E-state index in [0.717, 1.165) is 78.5 Å². The van der Waals surface area contributed by atoms with Crippen LogP contribution in [0.3, 0.4) is 0 Å². The number of ether oxygens (including phenoxy) is 2.